The highest BCUT2D eigenvalue weighted by atomic mass is 16.5. The van der Waals surface area contributed by atoms with E-state index >= 15 is 0 Å². The number of nitrogens with one attached hydrogen (secondary N) is 1. The van der Waals surface area contributed by atoms with Crippen LogP contribution in [0.3, 0.4) is 0 Å². The van der Waals surface area contributed by atoms with E-state index in [0.29, 0.717) is 6.61 Å². The number of carboxylic acids is 1. The van der Waals surface area contributed by atoms with Gasteiger partial charge in [0.1, 0.15) is 17.8 Å². The van der Waals surface area contributed by atoms with Gasteiger partial charge in [0.15, 0.2) is 5.84 Å². The highest BCUT2D eigenvalue weighted by Gasteiger charge is 2.43. The maximum absolute atomic E-state index is 12.3. The molecule has 0 saturated heterocycles. The lowest BCUT2D eigenvalue weighted by molar-refractivity contribution is -0.123. The molecule has 1 atom stereocenters. The van der Waals surface area contributed by atoms with Crippen LogP contribution in [-0.4, -0.2) is 33.3 Å². The van der Waals surface area contributed by atoms with Crippen LogP contribution in [0.1, 0.15) is 42.4 Å². The number of hydrogen-bond donors (Lipinski definition) is 2. The van der Waals surface area contributed by atoms with Gasteiger partial charge in [0, 0.05) is 6.07 Å². The summed E-state index contributed by atoms with van der Waals surface area (Å²) in [7, 11) is 0. The van der Waals surface area contributed by atoms with Gasteiger partial charge in [0.05, 0.1) is 5.56 Å². The lowest BCUT2D eigenvalue weighted by Gasteiger charge is -2.27. The van der Waals surface area contributed by atoms with Crippen LogP contribution in [0.4, 0.5) is 0 Å². The van der Waals surface area contributed by atoms with Gasteiger partial charge in [0.25, 0.3) is 5.91 Å². The molecule has 1 aromatic carbocycles. The summed E-state index contributed by atoms with van der Waals surface area (Å²) in [5.74, 6) is -1.12. The van der Waals surface area contributed by atoms with Crippen molar-refractivity contribution in [3.8, 4) is 5.88 Å². The minimum absolute atomic E-state index is 0.0305. The summed E-state index contributed by atoms with van der Waals surface area (Å²) in [5, 5.41) is 12.5. The van der Waals surface area contributed by atoms with Crippen molar-refractivity contribution in [3.05, 3.63) is 59.3 Å². The Hall–Kier alpha value is -3.22. The summed E-state index contributed by atoms with van der Waals surface area (Å²) in [6.45, 7) is 5.83. The first-order valence-corrected chi connectivity index (χ1v) is 8.64. The van der Waals surface area contributed by atoms with Crippen LogP contribution in [0.5, 0.6) is 5.88 Å². The van der Waals surface area contributed by atoms with Crippen LogP contribution in [0.25, 0.3) is 0 Å². The molecule has 0 bridgehead atoms. The second kappa shape index (κ2) is 7.19. The van der Waals surface area contributed by atoms with Crippen molar-refractivity contribution in [1.29, 1.82) is 0 Å². The minimum atomic E-state index is -1.15. The highest BCUT2D eigenvalue weighted by Crippen LogP contribution is 2.25. The number of hydrogen-bond acceptors (Lipinski definition) is 5. The predicted octanol–water partition coefficient (Wildman–Crippen LogP) is 2.65. The van der Waals surface area contributed by atoms with Gasteiger partial charge in [-0.1, -0.05) is 44.2 Å². The smallest absolute Gasteiger partial charge is 0.338 e. The first-order valence-electron chi connectivity index (χ1n) is 8.64. The fourth-order valence-corrected chi connectivity index (χ4v) is 2.65. The van der Waals surface area contributed by atoms with E-state index in [9.17, 15) is 14.7 Å². The highest BCUT2D eigenvalue weighted by molar-refractivity contribution is 6.16. The van der Waals surface area contributed by atoms with Gasteiger partial charge >= 0.3 is 5.97 Å². The third-order valence-electron chi connectivity index (χ3n) is 4.74. The number of aromatic nitrogens is 1. The van der Waals surface area contributed by atoms with E-state index in [-0.39, 0.29) is 34.8 Å². The molecule has 0 radical (unpaired) electrons. The SMILES string of the molecule is CC(C)C1(C)NC(c2nc(OCc3ccccc3)ccc2C(=O)O)=NC1=O. The third kappa shape index (κ3) is 3.67. The number of rotatable bonds is 6. The van der Waals surface area contributed by atoms with E-state index in [1.807, 2.05) is 44.2 Å². The normalized spacial score (nSPS) is 19.0. The molecule has 2 aromatic rings. The number of amidine groups is 1. The van der Waals surface area contributed by atoms with Crippen molar-refractivity contribution in [3.63, 3.8) is 0 Å². The molecule has 0 fully saturated rings. The van der Waals surface area contributed by atoms with Crippen molar-refractivity contribution in [1.82, 2.24) is 10.3 Å². The van der Waals surface area contributed by atoms with Crippen molar-refractivity contribution < 1.29 is 19.4 Å². The van der Waals surface area contributed by atoms with Crippen molar-refractivity contribution in [2.75, 3.05) is 0 Å². The Morgan fingerprint density at radius 2 is 1.93 bits per heavy atom. The van der Waals surface area contributed by atoms with Crippen LogP contribution in [0.15, 0.2) is 47.5 Å². The molecule has 1 aromatic heterocycles. The number of carbonyl (C=O) groups is 2. The first kappa shape index (κ1) is 18.6. The Morgan fingerprint density at radius 3 is 2.52 bits per heavy atom. The lowest BCUT2D eigenvalue weighted by Crippen LogP contribution is -2.50. The molecule has 1 unspecified atom stereocenters. The zero-order valence-electron chi connectivity index (χ0n) is 15.4. The summed E-state index contributed by atoms with van der Waals surface area (Å²) < 4.78 is 5.68. The van der Waals surface area contributed by atoms with E-state index < -0.39 is 11.5 Å². The molecule has 7 heteroatoms. The average Bonchev–Trinajstić information content (AvgIpc) is 2.97. The zero-order chi connectivity index (χ0) is 19.6. The number of carboxylic acid groups (broad SMARTS) is 1. The first-order chi connectivity index (χ1) is 12.8. The fourth-order valence-electron chi connectivity index (χ4n) is 2.65. The Balaban J connectivity index is 1.90. The summed E-state index contributed by atoms with van der Waals surface area (Å²) >= 11 is 0. The zero-order valence-corrected chi connectivity index (χ0v) is 15.4. The Bertz CT molecular complexity index is 909. The number of pyridine rings is 1. The number of aliphatic imine (C=N–C) groups is 1. The Kier molecular flexibility index (Phi) is 4.94. The van der Waals surface area contributed by atoms with Gasteiger partial charge in [-0.25, -0.2) is 9.78 Å². The second-order valence-corrected chi connectivity index (χ2v) is 6.87. The molecule has 140 valence electrons. The summed E-state index contributed by atoms with van der Waals surface area (Å²) in [6.07, 6.45) is 0. The molecule has 0 aliphatic carbocycles. The maximum Gasteiger partial charge on any atom is 0.338 e. The van der Waals surface area contributed by atoms with Crippen LogP contribution in [0.2, 0.25) is 0 Å². The largest absolute Gasteiger partial charge is 0.478 e. The molecule has 0 spiro atoms. The van der Waals surface area contributed by atoms with Crippen molar-refractivity contribution in [2.24, 2.45) is 10.9 Å². The van der Waals surface area contributed by atoms with Gasteiger partial charge < -0.3 is 15.2 Å². The van der Waals surface area contributed by atoms with Gasteiger partial charge in [-0.15, -0.1) is 0 Å². The summed E-state index contributed by atoms with van der Waals surface area (Å²) in [4.78, 5) is 32.3. The quantitative estimate of drug-likeness (QED) is 0.814. The van der Waals surface area contributed by atoms with Gasteiger partial charge in [-0.3, -0.25) is 4.79 Å². The Morgan fingerprint density at radius 1 is 1.22 bits per heavy atom. The standard InChI is InChI=1S/C20H21N3O4/c1-12(2)20(3)19(26)22-17(23-20)16-14(18(24)25)9-10-15(21-16)27-11-13-7-5-4-6-8-13/h4-10,12H,11H2,1-3H3,(H,24,25)(H,22,23,26). The molecule has 0 saturated carbocycles. The van der Waals surface area contributed by atoms with Crippen LogP contribution in [-0.2, 0) is 11.4 Å². The molecule has 3 rings (SSSR count). The fraction of sp³-hybridized carbons (Fsp3) is 0.300. The molecule has 1 aliphatic heterocycles. The second-order valence-electron chi connectivity index (χ2n) is 6.87. The third-order valence-corrected chi connectivity index (χ3v) is 4.74. The van der Waals surface area contributed by atoms with E-state index in [0.717, 1.165) is 5.56 Å². The van der Waals surface area contributed by atoms with E-state index in [2.05, 4.69) is 15.3 Å². The lowest BCUT2D eigenvalue weighted by atomic mass is 9.88. The Labute approximate surface area is 157 Å². The van der Waals surface area contributed by atoms with E-state index in [1.165, 1.54) is 12.1 Å². The molecular formula is C20H21N3O4. The predicted molar refractivity (Wildman–Crippen MR) is 99.9 cm³/mol. The molecule has 2 N–H and O–H groups in total. The molecule has 27 heavy (non-hydrogen) atoms. The maximum atomic E-state index is 12.3. The topological polar surface area (TPSA) is 101 Å². The van der Waals surface area contributed by atoms with Gasteiger partial charge in [0.2, 0.25) is 5.88 Å². The van der Waals surface area contributed by atoms with Crippen LogP contribution in [0, 0.1) is 5.92 Å². The molecule has 1 amide bonds. The van der Waals surface area contributed by atoms with Crippen molar-refractivity contribution in [2.45, 2.75) is 32.9 Å². The van der Waals surface area contributed by atoms with E-state index in [1.54, 1.807) is 6.92 Å². The average molecular weight is 367 g/mol. The summed E-state index contributed by atoms with van der Waals surface area (Å²) in [5.41, 5.74) is 0.107. The molecule has 2 heterocycles. The summed E-state index contributed by atoms with van der Waals surface area (Å²) in [6, 6.07) is 12.5. The minimum Gasteiger partial charge on any atom is -0.478 e. The van der Waals surface area contributed by atoms with Crippen LogP contribution < -0.4 is 10.1 Å². The number of benzene rings is 1. The number of amides is 1. The molecule has 7 nitrogen and oxygen atoms in total. The van der Waals surface area contributed by atoms with Gasteiger partial charge in [-0.2, -0.15) is 4.99 Å². The monoisotopic (exact) mass is 367 g/mol. The molecular weight excluding hydrogens is 346 g/mol. The number of nitrogens with zero attached hydrogens (tertiary/aromatic N) is 2. The number of aromatic carboxylic acids is 1. The van der Waals surface area contributed by atoms with Gasteiger partial charge in [-0.05, 0) is 24.5 Å². The number of ether oxygens (including phenoxy) is 1. The van der Waals surface area contributed by atoms with Crippen molar-refractivity contribution >= 4 is 17.7 Å². The van der Waals surface area contributed by atoms with Crippen LogP contribution >= 0.6 is 0 Å². The molecule has 1 aliphatic rings. The van der Waals surface area contributed by atoms with E-state index in [4.69, 9.17) is 4.74 Å². The number of carbonyl (C=O) groups excluding carboxylic acids is 1.